The zero-order chi connectivity index (χ0) is 24.7. The number of carbonyl (C=O) groups excluding carboxylic acids is 2. The fourth-order valence-corrected chi connectivity index (χ4v) is 5.09. The van der Waals surface area contributed by atoms with Gasteiger partial charge in [0.15, 0.2) is 0 Å². The lowest BCUT2D eigenvalue weighted by atomic mass is 9.95. The van der Waals surface area contributed by atoms with Gasteiger partial charge in [-0.3, -0.25) is 9.59 Å². The summed E-state index contributed by atoms with van der Waals surface area (Å²) in [5, 5.41) is 3.10. The van der Waals surface area contributed by atoms with E-state index >= 15 is 0 Å². The van der Waals surface area contributed by atoms with Gasteiger partial charge in [0.1, 0.15) is 0 Å². The molecule has 0 unspecified atom stereocenters. The second kappa shape index (κ2) is 11.3. The van der Waals surface area contributed by atoms with E-state index in [1.54, 1.807) is 6.08 Å². The lowest BCUT2D eigenvalue weighted by Gasteiger charge is -2.30. The Morgan fingerprint density at radius 3 is 2.31 bits per heavy atom. The van der Waals surface area contributed by atoms with Crippen molar-refractivity contribution in [3.8, 4) is 0 Å². The number of hydrogen-bond donors (Lipinski definition) is 1. The average molecular weight is 480 g/mol. The second-order valence-corrected chi connectivity index (χ2v) is 9.68. The van der Waals surface area contributed by atoms with Crippen LogP contribution in [0.25, 0.3) is 6.08 Å². The summed E-state index contributed by atoms with van der Waals surface area (Å²) in [6.07, 6.45) is 5.98. The molecule has 1 fully saturated rings. The van der Waals surface area contributed by atoms with E-state index in [0.717, 1.165) is 30.6 Å². The van der Waals surface area contributed by atoms with Crippen LogP contribution < -0.4 is 10.2 Å². The lowest BCUT2D eigenvalue weighted by molar-refractivity contribution is -0.132. The first kappa shape index (κ1) is 23.9. The predicted molar refractivity (Wildman–Crippen MR) is 144 cm³/mol. The molecule has 5 rings (SSSR count). The highest BCUT2D eigenvalue weighted by atomic mass is 16.2. The van der Waals surface area contributed by atoms with Crippen LogP contribution >= 0.6 is 0 Å². The summed E-state index contributed by atoms with van der Waals surface area (Å²) in [5.41, 5.74) is 6.16. The number of carbonyl (C=O) groups is 2. The van der Waals surface area contributed by atoms with Gasteiger partial charge in [0, 0.05) is 50.4 Å². The number of nitrogens with one attached hydrogen (secondary N) is 1. The number of anilines is 1. The molecule has 0 radical (unpaired) electrons. The molecule has 5 heteroatoms. The number of piperidine rings is 1. The van der Waals surface area contributed by atoms with Crippen LogP contribution in [0.5, 0.6) is 0 Å². The Balaban J connectivity index is 1.05. The highest BCUT2D eigenvalue weighted by Gasteiger charge is 2.26. The van der Waals surface area contributed by atoms with E-state index in [0.29, 0.717) is 32.5 Å². The first-order valence-electron chi connectivity index (χ1n) is 12.9. The maximum absolute atomic E-state index is 12.7. The second-order valence-electron chi connectivity index (χ2n) is 9.68. The monoisotopic (exact) mass is 479 g/mol. The van der Waals surface area contributed by atoms with Crippen molar-refractivity contribution in [2.45, 2.75) is 32.4 Å². The summed E-state index contributed by atoms with van der Waals surface area (Å²) in [6.45, 7) is 3.73. The smallest absolute Gasteiger partial charge is 0.246 e. The standard InChI is InChI=1S/C31H33N3O2/c35-30(15-14-24-6-2-1-3-7-24)33-19-17-28(18-20-33)31(36)32-22-25-10-12-26(13-11-25)23-34-21-16-27-8-4-5-9-29(27)34/h1-15,28H,16-23H2,(H,32,36)/b15-14+. The first-order chi connectivity index (χ1) is 17.7. The van der Waals surface area contributed by atoms with E-state index in [1.165, 1.54) is 16.8 Å². The number of amides is 2. The van der Waals surface area contributed by atoms with Crippen LogP contribution in [0.1, 0.15) is 35.1 Å². The van der Waals surface area contributed by atoms with Gasteiger partial charge in [0.2, 0.25) is 11.8 Å². The minimum Gasteiger partial charge on any atom is -0.367 e. The molecule has 3 aromatic rings. The Labute approximate surface area is 213 Å². The van der Waals surface area contributed by atoms with Crippen molar-refractivity contribution in [2.75, 3.05) is 24.5 Å². The van der Waals surface area contributed by atoms with Crippen LogP contribution in [0.15, 0.2) is 84.9 Å². The van der Waals surface area contributed by atoms with E-state index in [4.69, 9.17) is 0 Å². The highest BCUT2D eigenvalue weighted by Crippen LogP contribution is 2.28. The maximum atomic E-state index is 12.7. The Morgan fingerprint density at radius 1 is 0.833 bits per heavy atom. The van der Waals surface area contributed by atoms with Gasteiger partial charge in [-0.15, -0.1) is 0 Å². The van der Waals surface area contributed by atoms with Gasteiger partial charge in [-0.1, -0.05) is 72.8 Å². The van der Waals surface area contributed by atoms with Crippen molar-refractivity contribution < 1.29 is 9.59 Å². The Morgan fingerprint density at radius 2 is 1.53 bits per heavy atom. The minimum absolute atomic E-state index is 0.00946. The molecule has 2 amide bonds. The van der Waals surface area contributed by atoms with E-state index in [1.807, 2.05) is 41.3 Å². The summed E-state index contributed by atoms with van der Waals surface area (Å²) in [7, 11) is 0. The van der Waals surface area contributed by atoms with E-state index in [2.05, 4.69) is 58.7 Å². The van der Waals surface area contributed by atoms with Gasteiger partial charge >= 0.3 is 0 Å². The molecular formula is C31H33N3O2. The molecule has 0 aliphatic carbocycles. The largest absolute Gasteiger partial charge is 0.367 e. The van der Waals surface area contributed by atoms with Crippen molar-refractivity contribution in [1.82, 2.24) is 10.2 Å². The van der Waals surface area contributed by atoms with Gasteiger partial charge in [0.25, 0.3) is 0 Å². The normalized spacial score (nSPS) is 15.8. The average Bonchev–Trinajstić information content (AvgIpc) is 3.34. The molecule has 1 N–H and O–H groups in total. The molecule has 0 aromatic heterocycles. The quantitative estimate of drug-likeness (QED) is 0.495. The van der Waals surface area contributed by atoms with Crippen LogP contribution in [-0.4, -0.2) is 36.3 Å². The summed E-state index contributed by atoms with van der Waals surface area (Å²) < 4.78 is 0. The van der Waals surface area contributed by atoms with E-state index in [9.17, 15) is 9.59 Å². The number of hydrogen-bond acceptors (Lipinski definition) is 3. The van der Waals surface area contributed by atoms with Gasteiger partial charge in [0.05, 0.1) is 0 Å². The molecule has 2 heterocycles. The molecule has 0 saturated carbocycles. The number of likely N-dealkylation sites (tertiary alicyclic amines) is 1. The number of fused-ring (bicyclic) bond motifs is 1. The summed E-state index contributed by atoms with van der Waals surface area (Å²) in [6, 6.07) is 27.0. The molecule has 0 bridgehead atoms. The topological polar surface area (TPSA) is 52.7 Å². The fraction of sp³-hybridized carbons (Fsp3) is 0.290. The molecule has 1 saturated heterocycles. The molecule has 0 spiro atoms. The molecule has 5 nitrogen and oxygen atoms in total. The number of para-hydroxylation sites is 1. The zero-order valence-electron chi connectivity index (χ0n) is 20.6. The fourth-order valence-electron chi connectivity index (χ4n) is 5.09. The third kappa shape index (κ3) is 5.85. The van der Waals surface area contributed by atoms with Crippen molar-refractivity contribution in [3.63, 3.8) is 0 Å². The van der Waals surface area contributed by atoms with Gasteiger partial charge in [-0.2, -0.15) is 0 Å². The lowest BCUT2D eigenvalue weighted by Crippen LogP contribution is -2.42. The van der Waals surface area contributed by atoms with Gasteiger partial charge in [-0.05, 0) is 53.7 Å². The first-order valence-corrected chi connectivity index (χ1v) is 12.9. The third-order valence-electron chi connectivity index (χ3n) is 7.24. The predicted octanol–water partition coefficient (Wildman–Crippen LogP) is 4.82. The van der Waals surface area contributed by atoms with Crippen LogP contribution in [0, 0.1) is 5.92 Å². The van der Waals surface area contributed by atoms with Crippen molar-refractivity contribution in [3.05, 3.63) is 107 Å². The molecule has 184 valence electrons. The van der Waals surface area contributed by atoms with Crippen molar-refractivity contribution in [2.24, 2.45) is 5.92 Å². The van der Waals surface area contributed by atoms with Gasteiger partial charge < -0.3 is 15.1 Å². The summed E-state index contributed by atoms with van der Waals surface area (Å²) >= 11 is 0. The van der Waals surface area contributed by atoms with E-state index in [-0.39, 0.29) is 17.7 Å². The van der Waals surface area contributed by atoms with Crippen LogP contribution in [0.4, 0.5) is 5.69 Å². The summed E-state index contributed by atoms with van der Waals surface area (Å²) in [5.74, 6) is 0.0524. The Hall–Kier alpha value is -3.86. The van der Waals surface area contributed by atoms with Crippen LogP contribution in [0.3, 0.4) is 0 Å². The van der Waals surface area contributed by atoms with E-state index < -0.39 is 0 Å². The molecule has 2 aliphatic rings. The maximum Gasteiger partial charge on any atom is 0.246 e. The molecule has 3 aromatic carbocycles. The van der Waals surface area contributed by atoms with Crippen molar-refractivity contribution >= 4 is 23.6 Å². The summed E-state index contributed by atoms with van der Waals surface area (Å²) in [4.78, 5) is 29.5. The van der Waals surface area contributed by atoms with Crippen LogP contribution in [-0.2, 0) is 29.1 Å². The third-order valence-corrected chi connectivity index (χ3v) is 7.24. The number of benzene rings is 3. The van der Waals surface area contributed by atoms with Crippen molar-refractivity contribution in [1.29, 1.82) is 0 Å². The van der Waals surface area contributed by atoms with Crippen LogP contribution in [0.2, 0.25) is 0 Å². The Bertz CT molecular complexity index is 1210. The number of rotatable bonds is 7. The number of nitrogens with zero attached hydrogens (tertiary/aromatic N) is 2. The molecule has 0 atom stereocenters. The molecule has 36 heavy (non-hydrogen) atoms. The highest BCUT2D eigenvalue weighted by molar-refractivity contribution is 5.92. The molecular weight excluding hydrogens is 446 g/mol. The van der Waals surface area contributed by atoms with Gasteiger partial charge in [-0.25, -0.2) is 0 Å². The zero-order valence-corrected chi connectivity index (χ0v) is 20.6. The Kier molecular flexibility index (Phi) is 7.46. The SMILES string of the molecule is O=C(NCc1ccc(CN2CCc3ccccc32)cc1)C1CCN(C(=O)/C=C/c2ccccc2)CC1. The minimum atomic E-state index is -0.0401. The molecule has 2 aliphatic heterocycles.